The van der Waals surface area contributed by atoms with Gasteiger partial charge in [-0.1, -0.05) is 60.7 Å². The van der Waals surface area contributed by atoms with Crippen LogP contribution in [0.15, 0.2) is 60.7 Å². The minimum absolute atomic E-state index is 0.209. The van der Waals surface area contributed by atoms with Gasteiger partial charge in [0.2, 0.25) is 0 Å². The molecule has 0 saturated heterocycles. The molecule has 2 rings (SSSR count). The van der Waals surface area contributed by atoms with Gasteiger partial charge in [0.25, 0.3) is 11.8 Å². The summed E-state index contributed by atoms with van der Waals surface area (Å²) < 4.78 is 0. The predicted molar refractivity (Wildman–Crippen MR) is 102 cm³/mol. The van der Waals surface area contributed by atoms with E-state index in [9.17, 15) is 9.59 Å². The van der Waals surface area contributed by atoms with Crippen molar-refractivity contribution in [3.8, 4) is 0 Å². The highest BCUT2D eigenvalue weighted by atomic mass is 16.7. The van der Waals surface area contributed by atoms with Crippen molar-refractivity contribution in [2.45, 2.75) is 26.7 Å². The number of nitrogens with one attached hydrogen (secondary N) is 2. The van der Waals surface area contributed by atoms with Crippen molar-refractivity contribution >= 4 is 11.8 Å². The second-order valence-electron chi connectivity index (χ2n) is 6.14. The molecule has 0 saturated carbocycles. The minimum Gasteiger partial charge on any atom is -0.274 e. The van der Waals surface area contributed by atoms with Gasteiger partial charge in [0, 0.05) is 0 Å². The summed E-state index contributed by atoms with van der Waals surface area (Å²) in [5.41, 5.74) is 5.14. The van der Waals surface area contributed by atoms with Crippen LogP contribution in [0.25, 0.3) is 0 Å². The average Bonchev–Trinajstić information content (AvgIpc) is 2.71. The summed E-state index contributed by atoms with van der Waals surface area (Å²) >= 11 is 0. The highest BCUT2D eigenvalue weighted by Crippen LogP contribution is 2.29. The van der Waals surface area contributed by atoms with Crippen LogP contribution in [0, 0.1) is 5.41 Å². The van der Waals surface area contributed by atoms with Crippen molar-refractivity contribution in [3.63, 3.8) is 0 Å². The molecule has 0 fully saturated rings. The van der Waals surface area contributed by atoms with Gasteiger partial charge >= 0.3 is 0 Å². The minimum atomic E-state index is -1.42. The number of benzene rings is 2. The highest BCUT2D eigenvalue weighted by Gasteiger charge is 2.46. The van der Waals surface area contributed by atoms with Crippen LogP contribution in [-0.4, -0.2) is 25.0 Å². The number of carbonyl (C=O) groups excluding carboxylic acids is 2. The number of rotatable bonds is 10. The van der Waals surface area contributed by atoms with Crippen molar-refractivity contribution in [1.29, 1.82) is 0 Å². The average molecular weight is 370 g/mol. The molecule has 6 nitrogen and oxygen atoms in total. The summed E-state index contributed by atoms with van der Waals surface area (Å²) in [6, 6.07) is 18.9. The zero-order valence-corrected chi connectivity index (χ0v) is 15.7. The first-order valence-electron chi connectivity index (χ1n) is 9.04. The van der Waals surface area contributed by atoms with Gasteiger partial charge in [0.1, 0.15) is 5.41 Å². The van der Waals surface area contributed by atoms with Crippen molar-refractivity contribution in [2.24, 2.45) is 5.41 Å². The van der Waals surface area contributed by atoms with E-state index < -0.39 is 17.2 Å². The zero-order chi connectivity index (χ0) is 19.5. The summed E-state index contributed by atoms with van der Waals surface area (Å²) in [5, 5.41) is 0. The second kappa shape index (κ2) is 10.4. The fraction of sp³-hybridized carbons (Fsp3) is 0.333. The normalized spacial score (nSPS) is 11.0. The molecule has 2 aromatic rings. The molecule has 0 radical (unpaired) electrons. The topological polar surface area (TPSA) is 76.7 Å². The molecule has 27 heavy (non-hydrogen) atoms. The fourth-order valence-electron chi connectivity index (χ4n) is 2.85. The summed E-state index contributed by atoms with van der Waals surface area (Å²) in [6.07, 6.45) is 0.418. The number of carbonyl (C=O) groups is 2. The van der Waals surface area contributed by atoms with E-state index in [1.165, 1.54) is 0 Å². The van der Waals surface area contributed by atoms with E-state index in [1.807, 2.05) is 60.7 Å². The van der Waals surface area contributed by atoms with Crippen LogP contribution in [-0.2, 0) is 32.1 Å². The van der Waals surface area contributed by atoms with Gasteiger partial charge in [0.05, 0.1) is 13.2 Å². The van der Waals surface area contributed by atoms with Crippen LogP contribution >= 0.6 is 0 Å². The van der Waals surface area contributed by atoms with Crippen LogP contribution in [0.1, 0.15) is 25.0 Å². The van der Waals surface area contributed by atoms with Crippen LogP contribution in [0.5, 0.6) is 0 Å². The van der Waals surface area contributed by atoms with Gasteiger partial charge in [-0.3, -0.25) is 19.3 Å². The molecule has 0 spiro atoms. The third-order valence-corrected chi connectivity index (χ3v) is 4.19. The second-order valence-corrected chi connectivity index (χ2v) is 6.14. The Morgan fingerprint density at radius 1 is 0.741 bits per heavy atom. The molecule has 0 aliphatic rings. The lowest BCUT2D eigenvalue weighted by Gasteiger charge is -2.31. The lowest BCUT2D eigenvalue weighted by Crippen LogP contribution is -2.54. The number of hydrogen-bond donors (Lipinski definition) is 2. The molecule has 2 N–H and O–H groups in total. The summed E-state index contributed by atoms with van der Waals surface area (Å²) in [4.78, 5) is 36.4. The van der Waals surface area contributed by atoms with E-state index in [4.69, 9.17) is 9.68 Å². The van der Waals surface area contributed by atoms with E-state index >= 15 is 0 Å². The molecule has 0 aromatic heterocycles. The molecule has 0 aliphatic carbocycles. The Morgan fingerprint density at radius 2 is 1.11 bits per heavy atom. The summed E-state index contributed by atoms with van der Waals surface area (Å²) in [6.45, 7) is 4.12. The molecular formula is C21H26N2O4. The highest BCUT2D eigenvalue weighted by molar-refractivity contribution is 6.05. The van der Waals surface area contributed by atoms with Gasteiger partial charge in [0.15, 0.2) is 0 Å². The lowest BCUT2D eigenvalue weighted by molar-refractivity contribution is -0.158. The molecule has 144 valence electrons. The molecule has 0 aliphatic heterocycles. The quantitative estimate of drug-likeness (QED) is 0.498. The van der Waals surface area contributed by atoms with Crippen LogP contribution in [0.3, 0.4) is 0 Å². The van der Waals surface area contributed by atoms with E-state index in [0.29, 0.717) is 13.2 Å². The first kappa shape index (κ1) is 20.6. The zero-order valence-electron chi connectivity index (χ0n) is 15.7. The Morgan fingerprint density at radius 3 is 1.44 bits per heavy atom. The number of amides is 2. The van der Waals surface area contributed by atoms with Crippen LogP contribution in [0.2, 0.25) is 0 Å². The van der Waals surface area contributed by atoms with Crippen molar-refractivity contribution in [1.82, 2.24) is 11.0 Å². The monoisotopic (exact) mass is 370 g/mol. The third-order valence-electron chi connectivity index (χ3n) is 4.19. The Hall–Kier alpha value is -2.70. The van der Waals surface area contributed by atoms with Crippen LogP contribution in [0.4, 0.5) is 0 Å². The van der Waals surface area contributed by atoms with Gasteiger partial charge in [-0.25, -0.2) is 11.0 Å². The van der Waals surface area contributed by atoms with E-state index in [-0.39, 0.29) is 12.8 Å². The van der Waals surface area contributed by atoms with E-state index in [1.54, 1.807) is 13.8 Å². The molecule has 2 aromatic carbocycles. The molecule has 0 heterocycles. The summed E-state index contributed by atoms with van der Waals surface area (Å²) in [7, 11) is 0. The van der Waals surface area contributed by atoms with Gasteiger partial charge < -0.3 is 0 Å². The molecule has 0 atom stereocenters. The van der Waals surface area contributed by atoms with Crippen molar-refractivity contribution < 1.29 is 19.3 Å². The van der Waals surface area contributed by atoms with Crippen LogP contribution < -0.4 is 11.0 Å². The largest absolute Gasteiger partial charge is 0.274 e. The maximum atomic E-state index is 13.1. The molecule has 2 amide bonds. The Kier molecular flexibility index (Phi) is 7.98. The van der Waals surface area contributed by atoms with Crippen molar-refractivity contribution in [3.05, 3.63) is 71.8 Å². The first-order valence-corrected chi connectivity index (χ1v) is 9.04. The number of hydroxylamine groups is 2. The Labute approximate surface area is 159 Å². The maximum absolute atomic E-state index is 13.1. The fourth-order valence-corrected chi connectivity index (χ4v) is 2.85. The number of hydrogen-bond acceptors (Lipinski definition) is 4. The maximum Gasteiger partial charge on any atom is 0.259 e. The Balaban J connectivity index is 2.44. The first-order chi connectivity index (χ1) is 13.1. The standard InChI is InChI=1S/C21H26N2O4/c1-3-26-22-19(24)21(20(25)23-27-4-2,15-17-11-7-5-8-12-17)16-18-13-9-6-10-14-18/h5-14H,3-4,15-16H2,1-2H3,(H,22,24)(H,23,25). The molecular weight excluding hydrogens is 344 g/mol. The Bertz CT molecular complexity index is 656. The summed E-state index contributed by atoms with van der Waals surface area (Å²) in [5.74, 6) is -1.01. The van der Waals surface area contributed by atoms with Crippen molar-refractivity contribution in [2.75, 3.05) is 13.2 Å². The van der Waals surface area contributed by atoms with Gasteiger partial charge in [-0.15, -0.1) is 0 Å². The third kappa shape index (κ3) is 5.64. The molecule has 0 bridgehead atoms. The predicted octanol–water partition coefficient (Wildman–Crippen LogP) is 2.59. The lowest BCUT2D eigenvalue weighted by atomic mass is 9.75. The van der Waals surface area contributed by atoms with Gasteiger partial charge in [-0.2, -0.15) is 0 Å². The van der Waals surface area contributed by atoms with Gasteiger partial charge in [-0.05, 0) is 37.8 Å². The van der Waals surface area contributed by atoms with E-state index in [2.05, 4.69) is 11.0 Å². The smallest absolute Gasteiger partial charge is 0.259 e. The van der Waals surface area contributed by atoms with E-state index in [0.717, 1.165) is 11.1 Å². The SMILES string of the molecule is CCONC(=O)C(Cc1ccccc1)(Cc1ccccc1)C(=O)NOCC. The molecule has 6 heteroatoms. The molecule has 0 unspecified atom stereocenters.